The van der Waals surface area contributed by atoms with Crippen LogP contribution in [0.2, 0.25) is 0 Å². The molecule has 1 aliphatic carbocycles. The number of hydrogen-bond donors (Lipinski definition) is 2. The number of pyridine rings is 1. The second-order valence-corrected chi connectivity index (χ2v) is 6.67. The van der Waals surface area contributed by atoms with Crippen LogP contribution in [0, 0.1) is 24.7 Å². The summed E-state index contributed by atoms with van der Waals surface area (Å²) in [4.78, 5) is 4.32. The van der Waals surface area contributed by atoms with Crippen LogP contribution < -0.4 is 11.1 Å². The standard InChI is InChI=1S/C17H29N3/c1-11(2)13-5-7-14(8-6-13)16(19-4)15-9-12(3)10-20-17(15)18/h9-11,13-14,16,19H,5-8H2,1-4H3,(H2,18,20). The van der Waals surface area contributed by atoms with Crippen molar-refractivity contribution in [2.75, 3.05) is 12.8 Å². The van der Waals surface area contributed by atoms with E-state index in [1.54, 1.807) is 0 Å². The number of anilines is 1. The molecule has 3 N–H and O–H groups in total. The van der Waals surface area contributed by atoms with Crippen molar-refractivity contribution in [1.29, 1.82) is 0 Å². The number of nitrogens with two attached hydrogens (primary N) is 1. The summed E-state index contributed by atoms with van der Waals surface area (Å²) in [5, 5.41) is 3.48. The van der Waals surface area contributed by atoms with E-state index in [9.17, 15) is 0 Å². The van der Waals surface area contributed by atoms with Gasteiger partial charge in [0.2, 0.25) is 0 Å². The summed E-state index contributed by atoms with van der Waals surface area (Å²) in [6.45, 7) is 6.78. The quantitative estimate of drug-likeness (QED) is 0.881. The first-order chi connectivity index (χ1) is 9.52. The Morgan fingerprint density at radius 1 is 1.20 bits per heavy atom. The third-order valence-corrected chi connectivity index (χ3v) is 4.96. The summed E-state index contributed by atoms with van der Waals surface area (Å²) in [5.74, 6) is 3.08. The highest BCUT2D eigenvalue weighted by Gasteiger charge is 2.30. The fraction of sp³-hybridized carbons (Fsp3) is 0.706. The smallest absolute Gasteiger partial charge is 0.128 e. The summed E-state index contributed by atoms with van der Waals surface area (Å²) in [7, 11) is 2.04. The topological polar surface area (TPSA) is 50.9 Å². The lowest BCUT2D eigenvalue weighted by molar-refractivity contribution is 0.193. The van der Waals surface area contributed by atoms with Crippen molar-refractivity contribution in [2.45, 2.75) is 52.5 Å². The summed E-state index contributed by atoms with van der Waals surface area (Å²) in [6.07, 6.45) is 7.13. The molecule has 1 heterocycles. The molecule has 0 saturated heterocycles. The Morgan fingerprint density at radius 2 is 1.80 bits per heavy atom. The molecule has 0 radical (unpaired) electrons. The van der Waals surface area contributed by atoms with Gasteiger partial charge in [-0.15, -0.1) is 0 Å². The third-order valence-electron chi connectivity index (χ3n) is 4.96. The molecule has 1 unspecified atom stereocenters. The molecule has 1 fully saturated rings. The van der Waals surface area contributed by atoms with E-state index in [-0.39, 0.29) is 0 Å². The first kappa shape index (κ1) is 15.3. The minimum absolute atomic E-state index is 0.343. The summed E-state index contributed by atoms with van der Waals surface area (Å²) in [6, 6.07) is 2.54. The maximum Gasteiger partial charge on any atom is 0.128 e. The van der Waals surface area contributed by atoms with Crippen molar-refractivity contribution in [2.24, 2.45) is 17.8 Å². The lowest BCUT2D eigenvalue weighted by Crippen LogP contribution is -2.30. The molecule has 20 heavy (non-hydrogen) atoms. The van der Waals surface area contributed by atoms with Crippen LogP contribution in [0.1, 0.15) is 56.7 Å². The van der Waals surface area contributed by atoms with Crippen LogP contribution in [0.5, 0.6) is 0 Å². The van der Waals surface area contributed by atoms with Crippen LogP contribution in [0.25, 0.3) is 0 Å². The SMILES string of the molecule is CNC(c1cc(C)cnc1N)C1CCC(C(C)C)CC1. The summed E-state index contributed by atoms with van der Waals surface area (Å²) in [5.41, 5.74) is 8.46. The number of nitrogen functional groups attached to an aromatic ring is 1. The molecule has 1 aromatic rings. The molecule has 1 saturated carbocycles. The van der Waals surface area contributed by atoms with Crippen molar-refractivity contribution in [3.05, 3.63) is 23.4 Å². The van der Waals surface area contributed by atoms with Crippen LogP contribution in [-0.4, -0.2) is 12.0 Å². The van der Waals surface area contributed by atoms with Gasteiger partial charge >= 0.3 is 0 Å². The Hall–Kier alpha value is -1.09. The van der Waals surface area contributed by atoms with E-state index < -0.39 is 0 Å². The molecule has 0 aliphatic heterocycles. The maximum absolute atomic E-state index is 6.10. The van der Waals surface area contributed by atoms with Gasteiger partial charge in [0.05, 0.1) is 0 Å². The number of aryl methyl sites for hydroxylation is 1. The molecule has 3 heteroatoms. The molecule has 1 atom stereocenters. The highest BCUT2D eigenvalue weighted by Crippen LogP contribution is 2.40. The molecule has 2 rings (SSSR count). The largest absolute Gasteiger partial charge is 0.383 e. The van der Waals surface area contributed by atoms with Gasteiger partial charge in [-0.3, -0.25) is 0 Å². The molecule has 3 nitrogen and oxygen atoms in total. The number of nitrogens with one attached hydrogen (secondary N) is 1. The minimum atomic E-state index is 0.343. The van der Waals surface area contributed by atoms with E-state index in [0.717, 1.165) is 11.8 Å². The van der Waals surface area contributed by atoms with Gasteiger partial charge in [-0.05, 0) is 69.0 Å². The van der Waals surface area contributed by atoms with Gasteiger partial charge in [0.25, 0.3) is 0 Å². The Morgan fingerprint density at radius 3 is 2.35 bits per heavy atom. The molecule has 0 aromatic carbocycles. The van der Waals surface area contributed by atoms with Crippen LogP contribution in [0.4, 0.5) is 5.82 Å². The average molecular weight is 275 g/mol. The van der Waals surface area contributed by atoms with Gasteiger partial charge in [0, 0.05) is 17.8 Å². The van der Waals surface area contributed by atoms with E-state index in [0.29, 0.717) is 17.8 Å². The highest BCUT2D eigenvalue weighted by molar-refractivity contribution is 5.43. The Labute approximate surface area is 123 Å². The van der Waals surface area contributed by atoms with Crippen LogP contribution in [0.15, 0.2) is 12.3 Å². The first-order valence-electron chi connectivity index (χ1n) is 7.92. The molecular formula is C17H29N3. The van der Waals surface area contributed by atoms with Gasteiger partial charge in [0.15, 0.2) is 0 Å². The number of rotatable bonds is 4. The predicted octanol–water partition coefficient (Wildman–Crippen LogP) is 3.70. The van der Waals surface area contributed by atoms with E-state index in [1.807, 2.05) is 13.2 Å². The average Bonchev–Trinajstić information content (AvgIpc) is 2.44. The Kier molecular flexibility index (Phi) is 5.03. The normalized spacial score (nSPS) is 24.9. The lowest BCUT2D eigenvalue weighted by Gasteiger charge is -2.35. The van der Waals surface area contributed by atoms with E-state index >= 15 is 0 Å². The van der Waals surface area contributed by atoms with Gasteiger partial charge in [-0.2, -0.15) is 0 Å². The zero-order valence-electron chi connectivity index (χ0n) is 13.3. The van der Waals surface area contributed by atoms with Crippen LogP contribution >= 0.6 is 0 Å². The van der Waals surface area contributed by atoms with E-state index in [1.165, 1.54) is 36.8 Å². The van der Waals surface area contributed by atoms with Gasteiger partial charge < -0.3 is 11.1 Å². The predicted molar refractivity (Wildman–Crippen MR) is 85.5 cm³/mol. The second kappa shape index (κ2) is 6.57. The van der Waals surface area contributed by atoms with Gasteiger partial charge in [-0.1, -0.05) is 13.8 Å². The molecule has 1 aliphatic rings. The summed E-state index contributed by atoms with van der Waals surface area (Å²) >= 11 is 0. The van der Waals surface area contributed by atoms with E-state index in [4.69, 9.17) is 5.73 Å². The molecule has 1 aromatic heterocycles. The highest BCUT2D eigenvalue weighted by atomic mass is 14.9. The van der Waals surface area contributed by atoms with Crippen molar-refractivity contribution >= 4 is 5.82 Å². The fourth-order valence-electron chi connectivity index (χ4n) is 3.64. The minimum Gasteiger partial charge on any atom is -0.383 e. The lowest BCUT2D eigenvalue weighted by atomic mass is 9.73. The monoisotopic (exact) mass is 275 g/mol. The molecular weight excluding hydrogens is 246 g/mol. The molecule has 0 spiro atoms. The van der Waals surface area contributed by atoms with Gasteiger partial charge in [0.1, 0.15) is 5.82 Å². The van der Waals surface area contributed by atoms with Gasteiger partial charge in [-0.25, -0.2) is 4.98 Å². The molecule has 0 amide bonds. The Bertz CT molecular complexity index is 434. The first-order valence-corrected chi connectivity index (χ1v) is 7.92. The number of hydrogen-bond acceptors (Lipinski definition) is 3. The van der Waals surface area contributed by atoms with Crippen LogP contribution in [0.3, 0.4) is 0 Å². The van der Waals surface area contributed by atoms with E-state index in [2.05, 4.69) is 37.1 Å². The third kappa shape index (κ3) is 3.32. The number of aromatic nitrogens is 1. The van der Waals surface area contributed by atoms with Crippen molar-refractivity contribution in [3.8, 4) is 0 Å². The fourth-order valence-corrected chi connectivity index (χ4v) is 3.64. The molecule has 112 valence electrons. The van der Waals surface area contributed by atoms with Crippen molar-refractivity contribution < 1.29 is 0 Å². The summed E-state index contributed by atoms with van der Waals surface area (Å²) < 4.78 is 0. The van der Waals surface area contributed by atoms with Crippen LogP contribution in [-0.2, 0) is 0 Å². The zero-order chi connectivity index (χ0) is 14.7. The van der Waals surface area contributed by atoms with Crippen molar-refractivity contribution in [3.63, 3.8) is 0 Å². The Balaban J connectivity index is 2.11. The molecule has 0 bridgehead atoms. The second-order valence-electron chi connectivity index (χ2n) is 6.67. The maximum atomic E-state index is 6.10. The number of nitrogens with zero attached hydrogens (tertiary/aromatic N) is 1. The van der Waals surface area contributed by atoms with Crippen molar-refractivity contribution in [1.82, 2.24) is 10.3 Å². The zero-order valence-corrected chi connectivity index (χ0v) is 13.3.